The van der Waals surface area contributed by atoms with Gasteiger partial charge in [0.05, 0.1) is 20.3 Å². The van der Waals surface area contributed by atoms with Crippen LogP contribution < -0.4 is 14.2 Å². The number of nitrogens with zero attached hydrogens (tertiary/aromatic N) is 2. The molecule has 2 aromatic rings. The largest absolute Gasteiger partial charge is 0.497 e. The SMILES string of the molecule is COc1ccc(S(=O)(=O)N(C)CC2CC(Oc3ccc(CN4CCCC4)c(Cl)c3)C2)c(OC)c1. The Kier molecular flexibility index (Phi) is 7.92. The molecule has 2 fully saturated rings. The van der Waals surface area contributed by atoms with Gasteiger partial charge in [-0.15, -0.1) is 0 Å². The summed E-state index contributed by atoms with van der Waals surface area (Å²) in [4.78, 5) is 2.55. The minimum absolute atomic E-state index is 0.0668. The highest BCUT2D eigenvalue weighted by molar-refractivity contribution is 7.89. The number of hydrogen-bond donors (Lipinski definition) is 0. The first kappa shape index (κ1) is 25.1. The fraction of sp³-hybridized carbons (Fsp3) is 0.520. The summed E-state index contributed by atoms with van der Waals surface area (Å²) in [7, 11) is 0.899. The predicted molar refractivity (Wildman–Crippen MR) is 132 cm³/mol. The van der Waals surface area contributed by atoms with Crippen molar-refractivity contribution in [3.8, 4) is 17.2 Å². The number of ether oxygens (including phenoxy) is 3. The Morgan fingerprint density at radius 2 is 1.74 bits per heavy atom. The number of sulfonamides is 1. The molecule has 2 aliphatic rings. The summed E-state index contributed by atoms with van der Waals surface area (Å²) >= 11 is 6.50. The molecule has 1 saturated heterocycles. The van der Waals surface area contributed by atoms with Gasteiger partial charge < -0.3 is 14.2 Å². The summed E-state index contributed by atoms with van der Waals surface area (Å²) in [6.07, 6.45) is 4.18. The smallest absolute Gasteiger partial charge is 0.246 e. The lowest BCUT2D eigenvalue weighted by atomic mass is 9.82. The van der Waals surface area contributed by atoms with E-state index in [1.54, 1.807) is 19.2 Å². The van der Waals surface area contributed by atoms with Gasteiger partial charge in [-0.05, 0) is 74.5 Å². The Balaban J connectivity index is 1.30. The number of rotatable bonds is 10. The molecule has 7 nitrogen and oxygen atoms in total. The molecular formula is C25H33ClN2O5S. The predicted octanol–water partition coefficient (Wildman–Crippen LogP) is 4.43. The van der Waals surface area contributed by atoms with Crippen LogP contribution in [0.25, 0.3) is 0 Å². The topological polar surface area (TPSA) is 68.3 Å². The van der Waals surface area contributed by atoms with Crippen molar-refractivity contribution in [2.75, 3.05) is 40.9 Å². The van der Waals surface area contributed by atoms with Crippen LogP contribution in [0.5, 0.6) is 17.2 Å². The van der Waals surface area contributed by atoms with Crippen molar-refractivity contribution in [2.45, 2.75) is 43.2 Å². The molecule has 0 unspecified atom stereocenters. The fourth-order valence-corrected chi connectivity index (χ4v) is 6.25. The highest BCUT2D eigenvalue weighted by Gasteiger charge is 2.35. The summed E-state index contributed by atoms with van der Waals surface area (Å²) in [5, 5.41) is 0.736. The van der Waals surface area contributed by atoms with Crippen molar-refractivity contribution in [3.63, 3.8) is 0 Å². The summed E-state index contributed by atoms with van der Waals surface area (Å²) < 4.78 is 44.2. The summed E-state index contributed by atoms with van der Waals surface area (Å²) in [6, 6.07) is 10.7. The minimum atomic E-state index is -3.68. The zero-order chi connectivity index (χ0) is 24.3. The molecule has 1 aliphatic heterocycles. The van der Waals surface area contributed by atoms with Crippen LogP contribution in [-0.2, 0) is 16.6 Å². The van der Waals surface area contributed by atoms with Crippen LogP contribution in [0.2, 0.25) is 5.02 Å². The van der Waals surface area contributed by atoms with Crippen molar-refractivity contribution < 1.29 is 22.6 Å². The van der Waals surface area contributed by atoms with E-state index < -0.39 is 10.0 Å². The van der Waals surface area contributed by atoms with Crippen molar-refractivity contribution in [1.29, 1.82) is 0 Å². The Morgan fingerprint density at radius 1 is 1.03 bits per heavy atom. The molecule has 1 saturated carbocycles. The zero-order valence-corrected chi connectivity index (χ0v) is 21.6. The van der Waals surface area contributed by atoms with Gasteiger partial charge in [0, 0.05) is 31.2 Å². The number of benzene rings is 2. The molecule has 0 N–H and O–H groups in total. The van der Waals surface area contributed by atoms with Crippen molar-refractivity contribution in [3.05, 3.63) is 47.0 Å². The molecule has 0 bridgehead atoms. The molecule has 186 valence electrons. The molecule has 1 aliphatic carbocycles. The second-order valence-electron chi connectivity index (χ2n) is 9.12. The molecule has 0 spiro atoms. The summed E-state index contributed by atoms with van der Waals surface area (Å²) in [5.41, 5.74) is 1.13. The molecule has 1 heterocycles. The van der Waals surface area contributed by atoms with Gasteiger partial charge in [-0.25, -0.2) is 12.7 Å². The maximum absolute atomic E-state index is 13.1. The fourth-order valence-electron chi connectivity index (χ4n) is 4.64. The van der Waals surface area contributed by atoms with Gasteiger partial charge in [0.1, 0.15) is 22.1 Å². The zero-order valence-electron chi connectivity index (χ0n) is 20.0. The maximum atomic E-state index is 13.1. The third kappa shape index (κ3) is 5.62. The Morgan fingerprint density at radius 3 is 2.38 bits per heavy atom. The van der Waals surface area contributed by atoms with Crippen molar-refractivity contribution in [2.24, 2.45) is 5.92 Å². The van der Waals surface area contributed by atoms with E-state index in [9.17, 15) is 8.42 Å². The minimum Gasteiger partial charge on any atom is -0.497 e. The Labute approximate surface area is 207 Å². The van der Waals surface area contributed by atoms with Crippen LogP contribution in [0.15, 0.2) is 41.3 Å². The summed E-state index contributed by atoms with van der Waals surface area (Å²) in [6.45, 7) is 3.57. The summed E-state index contributed by atoms with van der Waals surface area (Å²) in [5.74, 6) is 1.81. The van der Waals surface area contributed by atoms with Crippen LogP contribution in [0.4, 0.5) is 0 Å². The van der Waals surface area contributed by atoms with Crippen LogP contribution in [0.1, 0.15) is 31.2 Å². The van der Waals surface area contributed by atoms with Gasteiger partial charge in [-0.3, -0.25) is 4.90 Å². The lowest BCUT2D eigenvalue weighted by Gasteiger charge is -2.37. The maximum Gasteiger partial charge on any atom is 0.246 e. The van der Waals surface area contributed by atoms with E-state index in [0.29, 0.717) is 12.3 Å². The lowest BCUT2D eigenvalue weighted by molar-refractivity contribution is 0.0575. The van der Waals surface area contributed by atoms with Gasteiger partial charge in [0.15, 0.2) is 0 Å². The van der Waals surface area contributed by atoms with Crippen LogP contribution in [0, 0.1) is 5.92 Å². The Bertz CT molecular complexity index is 1100. The number of hydrogen-bond acceptors (Lipinski definition) is 6. The lowest BCUT2D eigenvalue weighted by Crippen LogP contribution is -2.41. The average molecular weight is 509 g/mol. The van der Waals surface area contributed by atoms with Crippen LogP contribution in [-0.4, -0.2) is 64.6 Å². The van der Waals surface area contributed by atoms with E-state index in [0.717, 1.165) is 48.8 Å². The van der Waals surface area contributed by atoms with E-state index in [1.807, 2.05) is 12.1 Å². The van der Waals surface area contributed by atoms with Gasteiger partial charge in [0.25, 0.3) is 0 Å². The second-order valence-corrected chi connectivity index (χ2v) is 11.5. The quantitative estimate of drug-likeness (QED) is 0.473. The molecule has 0 atom stereocenters. The number of halogens is 1. The van der Waals surface area contributed by atoms with Crippen molar-refractivity contribution in [1.82, 2.24) is 9.21 Å². The third-order valence-corrected chi connectivity index (χ3v) is 8.90. The first-order valence-electron chi connectivity index (χ1n) is 11.7. The monoisotopic (exact) mass is 508 g/mol. The van der Waals surface area contributed by atoms with E-state index >= 15 is 0 Å². The van der Waals surface area contributed by atoms with E-state index in [2.05, 4.69) is 11.0 Å². The van der Waals surface area contributed by atoms with Crippen LogP contribution in [0.3, 0.4) is 0 Å². The molecule has 0 aromatic heterocycles. The molecule has 9 heteroatoms. The van der Waals surface area contributed by atoms with Crippen molar-refractivity contribution >= 4 is 21.6 Å². The highest BCUT2D eigenvalue weighted by atomic mass is 35.5. The normalized spacial score (nSPS) is 20.9. The molecule has 4 rings (SSSR count). The second kappa shape index (κ2) is 10.7. The first-order valence-corrected chi connectivity index (χ1v) is 13.5. The van der Waals surface area contributed by atoms with E-state index in [-0.39, 0.29) is 22.7 Å². The van der Waals surface area contributed by atoms with Gasteiger partial charge in [-0.2, -0.15) is 0 Å². The van der Waals surface area contributed by atoms with Gasteiger partial charge >= 0.3 is 0 Å². The Hall–Kier alpha value is -2.00. The third-order valence-electron chi connectivity index (χ3n) is 6.69. The average Bonchev–Trinajstić information content (AvgIpc) is 3.31. The molecule has 34 heavy (non-hydrogen) atoms. The molecule has 0 amide bonds. The van der Waals surface area contributed by atoms with Crippen LogP contribution >= 0.6 is 11.6 Å². The highest BCUT2D eigenvalue weighted by Crippen LogP contribution is 2.36. The molecular weight excluding hydrogens is 476 g/mol. The van der Waals surface area contributed by atoms with Gasteiger partial charge in [-0.1, -0.05) is 17.7 Å². The first-order chi connectivity index (χ1) is 16.3. The molecule has 0 radical (unpaired) electrons. The standard InChI is InChI=1S/C25H33ClN2O5S/c1-27(34(29,30)25-9-8-20(31-2)15-24(25)32-3)16-18-12-22(13-18)33-21-7-6-19(23(26)14-21)17-28-10-4-5-11-28/h6-9,14-15,18,22H,4-5,10-13,16-17H2,1-3H3. The molecule has 2 aromatic carbocycles. The van der Waals surface area contributed by atoms with E-state index in [1.165, 1.54) is 37.4 Å². The number of likely N-dealkylation sites (tertiary alicyclic amines) is 1. The van der Waals surface area contributed by atoms with E-state index in [4.69, 9.17) is 25.8 Å². The number of methoxy groups -OCH3 is 2. The van der Waals surface area contributed by atoms with Gasteiger partial charge in [0.2, 0.25) is 10.0 Å².